The predicted octanol–water partition coefficient (Wildman–Crippen LogP) is -1.44. The van der Waals surface area contributed by atoms with E-state index in [0.29, 0.717) is 25.9 Å². The van der Waals surface area contributed by atoms with Crippen molar-refractivity contribution in [2.45, 2.75) is 50.0 Å². The number of carboxylic acid groups (broad SMARTS) is 1. The summed E-state index contributed by atoms with van der Waals surface area (Å²) in [6.45, 7) is 2.13. The first-order chi connectivity index (χ1) is 15.7. The third-order valence-electron chi connectivity index (χ3n) is 6.99. The zero-order chi connectivity index (χ0) is 24.1. The van der Waals surface area contributed by atoms with E-state index in [1.807, 2.05) is 0 Å². The van der Waals surface area contributed by atoms with Crippen LogP contribution in [0.1, 0.15) is 26.2 Å². The molecule has 0 aromatic rings. The van der Waals surface area contributed by atoms with Gasteiger partial charge >= 0.3 is 12.1 Å². The highest BCUT2D eigenvalue weighted by atomic mass is 16.6. The predicted molar refractivity (Wildman–Crippen MR) is 113 cm³/mol. The Labute approximate surface area is 190 Å². The number of Topliss-reactive ketones (excluding diaryl/α,β-unsaturated/α-hetero) is 2. The second-order valence-electron chi connectivity index (χ2n) is 8.74. The number of carboxylic acids is 1. The van der Waals surface area contributed by atoms with Crippen molar-refractivity contribution in [3.63, 3.8) is 0 Å². The molecule has 3 aliphatic heterocycles. The smallest absolute Gasteiger partial charge is 0.404 e. The number of nitrogens with two attached hydrogens (primary N) is 2. The number of carbonyl (C=O) groups is 4. The van der Waals surface area contributed by atoms with Crippen molar-refractivity contribution in [3.05, 3.63) is 22.5 Å². The fraction of sp³-hybridized carbons (Fsp3) is 0.619. The quantitative estimate of drug-likeness (QED) is 0.145. The summed E-state index contributed by atoms with van der Waals surface area (Å²) in [6, 6.07) is -1.14. The largest absolute Gasteiger partial charge is 0.480 e. The first-order valence-electron chi connectivity index (χ1n) is 10.9. The molecule has 0 aromatic carbocycles. The number of hydrogen-bond donors (Lipinski definition) is 5. The number of allylic oxidation sites excluding steroid dienone is 2. The van der Waals surface area contributed by atoms with Gasteiger partial charge in [-0.2, -0.15) is 0 Å². The number of aliphatic carboxylic acids is 1. The number of unbranched alkanes of at least 4 members (excludes halogenated alkanes) is 1. The van der Waals surface area contributed by atoms with Crippen molar-refractivity contribution in [2.75, 3.05) is 26.8 Å². The summed E-state index contributed by atoms with van der Waals surface area (Å²) >= 11 is 0. The Bertz CT molecular complexity index is 976. The summed E-state index contributed by atoms with van der Waals surface area (Å²) in [5, 5.41) is 15.7. The number of ketones is 2. The minimum atomic E-state index is -1.13. The molecule has 2 fully saturated rings. The SMILES string of the molecule is COC12C(COC(N)=O)C3=C(C(=O)C(C)=C(N[C@@H](CCCCN)C(=O)O)C3=O)N1CC1NC12. The Morgan fingerprint density at radius 3 is 2.67 bits per heavy atom. The number of rotatable bonds is 10. The van der Waals surface area contributed by atoms with Crippen molar-refractivity contribution in [3.8, 4) is 0 Å². The number of methoxy groups -OCH3 is 1. The summed E-state index contributed by atoms with van der Waals surface area (Å²) in [5.41, 5.74) is 10.0. The Morgan fingerprint density at radius 1 is 1.33 bits per heavy atom. The standard InChI is InChI=1S/C21H29N5O7/c1-9-14(24-11(19(29)30)5-3-4-6-22)17(28)13-10(8-33-20(23)31)21(32-2)18-12(25-18)7-26(21)15(13)16(9)27/h10-12,18,24-25H,3-8,22H2,1-2H3,(H2,23,31)(H,29,30)/t10?,11-,12?,18?,21?/m0/s1. The molecular formula is C21H29N5O7. The Hall–Kier alpha value is -2.96. The number of hydrogen-bond acceptors (Lipinski definition) is 10. The van der Waals surface area contributed by atoms with Crippen LogP contribution < -0.4 is 22.1 Å². The molecule has 0 radical (unpaired) electrons. The molecule has 7 N–H and O–H groups in total. The van der Waals surface area contributed by atoms with Gasteiger partial charge in [0.25, 0.3) is 0 Å². The molecular weight excluding hydrogens is 434 g/mol. The van der Waals surface area contributed by atoms with Gasteiger partial charge < -0.3 is 41.6 Å². The first kappa shape index (κ1) is 23.2. The number of ether oxygens (including phenoxy) is 2. The van der Waals surface area contributed by atoms with E-state index in [1.165, 1.54) is 14.0 Å². The lowest BCUT2D eigenvalue weighted by Crippen LogP contribution is -2.55. The van der Waals surface area contributed by atoms with E-state index in [1.54, 1.807) is 4.90 Å². The summed E-state index contributed by atoms with van der Waals surface area (Å²) in [4.78, 5) is 52.1. The van der Waals surface area contributed by atoms with Gasteiger partial charge in [-0.3, -0.25) is 9.59 Å². The normalized spacial score (nSPS) is 30.8. The average Bonchev–Trinajstić information content (AvgIpc) is 3.38. The molecule has 180 valence electrons. The summed E-state index contributed by atoms with van der Waals surface area (Å²) < 4.78 is 11.0. The van der Waals surface area contributed by atoms with E-state index in [-0.39, 0.29) is 53.4 Å². The Kier molecular flexibility index (Phi) is 5.93. The van der Waals surface area contributed by atoms with Crippen LogP contribution in [0, 0.1) is 5.92 Å². The van der Waals surface area contributed by atoms with Gasteiger partial charge in [0.1, 0.15) is 12.6 Å². The Morgan fingerprint density at radius 2 is 2.06 bits per heavy atom. The third-order valence-corrected chi connectivity index (χ3v) is 6.99. The van der Waals surface area contributed by atoms with Gasteiger partial charge in [0.15, 0.2) is 5.72 Å². The van der Waals surface area contributed by atoms with E-state index in [9.17, 15) is 24.3 Å². The van der Waals surface area contributed by atoms with Crippen LogP contribution in [-0.2, 0) is 23.9 Å². The highest BCUT2D eigenvalue weighted by Crippen LogP contribution is 2.55. The van der Waals surface area contributed by atoms with Crippen LogP contribution in [0.2, 0.25) is 0 Å². The van der Waals surface area contributed by atoms with E-state index in [2.05, 4.69) is 10.6 Å². The third kappa shape index (κ3) is 3.49. The monoisotopic (exact) mass is 463 g/mol. The second kappa shape index (κ2) is 8.43. The van der Waals surface area contributed by atoms with Crippen LogP contribution in [0.5, 0.6) is 0 Å². The number of amides is 1. The lowest BCUT2D eigenvalue weighted by atomic mass is 9.82. The average molecular weight is 463 g/mol. The van der Waals surface area contributed by atoms with E-state index >= 15 is 0 Å². The number of carbonyl (C=O) groups excluding carboxylic acids is 3. The molecule has 4 aliphatic rings. The van der Waals surface area contributed by atoms with Crippen molar-refractivity contribution >= 4 is 23.6 Å². The zero-order valence-electron chi connectivity index (χ0n) is 18.6. The number of nitrogens with one attached hydrogen (secondary N) is 2. The maximum Gasteiger partial charge on any atom is 0.404 e. The highest BCUT2D eigenvalue weighted by Gasteiger charge is 2.72. The topological polar surface area (TPSA) is 196 Å². The van der Waals surface area contributed by atoms with Crippen molar-refractivity contribution in [2.24, 2.45) is 17.4 Å². The van der Waals surface area contributed by atoms with E-state index in [0.717, 1.165) is 0 Å². The fourth-order valence-electron chi connectivity index (χ4n) is 5.39. The van der Waals surface area contributed by atoms with Crippen LogP contribution in [0.15, 0.2) is 22.5 Å². The van der Waals surface area contributed by atoms with Gasteiger partial charge in [-0.05, 0) is 32.7 Å². The maximum atomic E-state index is 13.7. The van der Waals surface area contributed by atoms with Crippen LogP contribution in [0.3, 0.4) is 0 Å². The molecule has 4 rings (SSSR count). The van der Waals surface area contributed by atoms with Gasteiger partial charge in [0, 0.05) is 30.8 Å². The van der Waals surface area contributed by atoms with Crippen LogP contribution >= 0.6 is 0 Å². The first-order valence-corrected chi connectivity index (χ1v) is 10.9. The molecule has 5 atom stereocenters. The minimum Gasteiger partial charge on any atom is -0.480 e. The van der Waals surface area contributed by atoms with E-state index < -0.39 is 35.5 Å². The van der Waals surface area contributed by atoms with Crippen LogP contribution in [0.4, 0.5) is 4.79 Å². The Balaban J connectivity index is 1.69. The van der Waals surface area contributed by atoms with Gasteiger partial charge in [-0.1, -0.05) is 0 Å². The molecule has 2 saturated heterocycles. The molecule has 0 saturated carbocycles. The molecule has 33 heavy (non-hydrogen) atoms. The summed E-state index contributed by atoms with van der Waals surface area (Å²) in [5.74, 6) is -2.81. The fourth-order valence-corrected chi connectivity index (χ4v) is 5.39. The second-order valence-corrected chi connectivity index (χ2v) is 8.74. The van der Waals surface area contributed by atoms with Crippen molar-refractivity contribution < 1.29 is 33.8 Å². The van der Waals surface area contributed by atoms with Gasteiger partial charge in [0.05, 0.1) is 23.4 Å². The van der Waals surface area contributed by atoms with Crippen LogP contribution in [-0.4, -0.2) is 84.3 Å². The lowest BCUT2D eigenvalue weighted by molar-refractivity contribution is -0.139. The molecule has 12 nitrogen and oxygen atoms in total. The number of nitrogens with zero attached hydrogens (tertiary/aromatic N) is 1. The molecule has 3 heterocycles. The summed E-state index contributed by atoms with van der Waals surface area (Å²) in [6.07, 6.45) is 0.421. The maximum absolute atomic E-state index is 13.7. The van der Waals surface area contributed by atoms with Crippen molar-refractivity contribution in [1.29, 1.82) is 0 Å². The molecule has 0 aromatic heterocycles. The molecule has 12 heteroatoms. The molecule has 0 spiro atoms. The molecule has 4 unspecified atom stereocenters. The van der Waals surface area contributed by atoms with Crippen LogP contribution in [0.25, 0.3) is 0 Å². The van der Waals surface area contributed by atoms with E-state index in [4.69, 9.17) is 20.9 Å². The summed E-state index contributed by atoms with van der Waals surface area (Å²) in [7, 11) is 1.48. The zero-order valence-corrected chi connectivity index (χ0v) is 18.6. The van der Waals surface area contributed by atoms with Crippen molar-refractivity contribution in [1.82, 2.24) is 15.5 Å². The number of primary amides is 1. The molecule has 0 bridgehead atoms. The minimum absolute atomic E-state index is 0.0595. The highest BCUT2D eigenvalue weighted by molar-refractivity contribution is 6.25. The number of piperazine rings is 1. The number of fused-ring (bicyclic) bond motifs is 4. The molecule has 1 amide bonds. The molecule has 1 aliphatic carbocycles. The van der Waals surface area contributed by atoms with Gasteiger partial charge in [-0.15, -0.1) is 0 Å². The lowest BCUT2D eigenvalue weighted by Gasteiger charge is -2.39. The van der Waals surface area contributed by atoms with Gasteiger partial charge in [-0.25, -0.2) is 9.59 Å². The van der Waals surface area contributed by atoms with Gasteiger partial charge in [0.2, 0.25) is 11.6 Å².